The Balaban J connectivity index is 1.08. The number of allylic oxidation sites excluding steroid dienone is 1. The maximum Gasteiger partial charge on any atom is 0.160 e. The number of benzene rings is 1. The third kappa shape index (κ3) is 10.5. The highest BCUT2D eigenvalue weighted by Crippen LogP contribution is 2.45. The average Bonchev–Trinajstić information content (AvgIpc) is 3.76. The Hall–Kier alpha value is -4.04. The van der Waals surface area contributed by atoms with Gasteiger partial charge < -0.3 is 31.1 Å². The number of phenols is 1. The molecule has 1 saturated heterocycles. The molecular weight excluding hydrogens is 753 g/mol. The molecule has 2 aromatic rings. The first-order valence-electron chi connectivity index (χ1n) is 22.9. The van der Waals surface area contributed by atoms with E-state index >= 15 is 0 Å². The standard InChI is InChI=1S/C50H68N4O6/c1-31(2)4-7-38(23-39-25-49(51)54-30-40(39)21-34-16-19-52-28-34)44(56)12-9-35-15-18-50(47(58)13-10-36-24-46(60-3)45(57)27-42(35)36)17-14-32(22-48(50)59)5-6-33-20-37-8-11-41(55)26-43(37)53-29-33/h16,24-25,27-28,30-33,35,37-38,43-44,48,53,56-57,59H,4-14,17,19-23,26,29H2,1-3H3,(H2,51,54). The Bertz CT molecular complexity index is 1980. The Morgan fingerprint density at radius 2 is 1.85 bits per heavy atom. The maximum atomic E-state index is 14.3. The zero-order valence-electron chi connectivity index (χ0n) is 36.1. The first kappa shape index (κ1) is 44.0. The number of carbonyl (C=O) groups excluding carboxylic acids is 2. The van der Waals surface area contributed by atoms with Crippen LogP contribution >= 0.6 is 0 Å². The molecule has 60 heavy (non-hydrogen) atoms. The predicted molar refractivity (Wildman–Crippen MR) is 236 cm³/mol. The van der Waals surface area contributed by atoms with Gasteiger partial charge in [0.1, 0.15) is 17.0 Å². The van der Waals surface area contributed by atoms with Crippen LogP contribution in [0.5, 0.6) is 11.5 Å². The number of hydrogen-bond donors (Lipinski definition) is 5. The number of pyridine rings is 1. The number of ketones is 2. The van der Waals surface area contributed by atoms with E-state index in [9.17, 15) is 24.9 Å². The van der Waals surface area contributed by atoms with Gasteiger partial charge in [-0.15, -0.1) is 0 Å². The normalized spacial score (nSPS) is 28.8. The number of phenolic OH excluding ortho intramolecular Hbond substituents is 1. The lowest BCUT2D eigenvalue weighted by Crippen LogP contribution is -2.49. The van der Waals surface area contributed by atoms with Crippen molar-refractivity contribution in [1.29, 1.82) is 0 Å². The van der Waals surface area contributed by atoms with Crippen LogP contribution in [-0.4, -0.2) is 76.5 Å². The van der Waals surface area contributed by atoms with Crippen LogP contribution in [0.15, 0.2) is 41.0 Å². The summed E-state index contributed by atoms with van der Waals surface area (Å²) < 4.78 is 5.51. The summed E-state index contributed by atoms with van der Waals surface area (Å²) in [5.41, 5.74) is 10.2. The van der Waals surface area contributed by atoms with Gasteiger partial charge in [-0.2, -0.15) is 0 Å². The molecule has 10 nitrogen and oxygen atoms in total. The fourth-order valence-corrected chi connectivity index (χ4v) is 10.9. The lowest BCUT2D eigenvalue weighted by molar-refractivity contribution is -0.134. The van der Waals surface area contributed by atoms with E-state index in [2.05, 4.69) is 47.1 Å². The maximum absolute atomic E-state index is 14.3. The number of ether oxygens (including phenoxy) is 1. The number of carbonyl (C=O) groups is 2. The van der Waals surface area contributed by atoms with Crippen molar-refractivity contribution in [2.45, 2.75) is 147 Å². The Morgan fingerprint density at radius 1 is 1.02 bits per heavy atom. The Kier molecular flexibility index (Phi) is 14.5. The summed E-state index contributed by atoms with van der Waals surface area (Å²) in [5.74, 6) is 9.69. The molecule has 1 aromatic heterocycles. The number of nitrogens with two attached hydrogens (primary N) is 1. The highest BCUT2D eigenvalue weighted by molar-refractivity contribution is 5.89. The number of nitrogen functional groups attached to an aromatic ring is 1. The lowest BCUT2D eigenvalue weighted by atomic mass is 9.64. The number of Topliss-reactive ketones (excluding diaryl/α,β-unsaturated/α-hetero) is 2. The second-order valence-electron chi connectivity index (χ2n) is 19.2. The molecule has 0 radical (unpaired) electrons. The molecule has 9 unspecified atom stereocenters. The molecular formula is C50H68N4O6. The van der Waals surface area contributed by atoms with Crippen LogP contribution in [0, 0.1) is 46.8 Å². The number of hydrogen-bond acceptors (Lipinski definition) is 10. The predicted octanol–water partition coefficient (Wildman–Crippen LogP) is 7.24. The summed E-state index contributed by atoms with van der Waals surface area (Å²) in [5, 5.41) is 38.7. The van der Waals surface area contributed by atoms with E-state index in [4.69, 9.17) is 10.5 Å². The number of fused-ring (bicyclic) bond motifs is 2. The molecule has 2 aliphatic heterocycles. The van der Waals surface area contributed by atoms with Crippen molar-refractivity contribution in [3.63, 3.8) is 0 Å². The third-order valence-corrected chi connectivity index (χ3v) is 14.7. The molecule has 9 atom stereocenters. The van der Waals surface area contributed by atoms with Gasteiger partial charge in [0.2, 0.25) is 0 Å². The van der Waals surface area contributed by atoms with Gasteiger partial charge in [0.15, 0.2) is 17.3 Å². The summed E-state index contributed by atoms with van der Waals surface area (Å²) in [6, 6.07) is 5.84. The van der Waals surface area contributed by atoms with Crippen LogP contribution in [0.4, 0.5) is 5.82 Å². The molecule has 6 N–H and O–H groups in total. The van der Waals surface area contributed by atoms with E-state index in [1.807, 2.05) is 24.5 Å². The van der Waals surface area contributed by atoms with Crippen molar-refractivity contribution in [1.82, 2.24) is 10.3 Å². The van der Waals surface area contributed by atoms with E-state index in [1.165, 1.54) is 7.11 Å². The van der Waals surface area contributed by atoms with Gasteiger partial charge in [0, 0.05) is 50.1 Å². The van der Waals surface area contributed by atoms with E-state index in [1.54, 1.807) is 6.07 Å². The SMILES string of the molecule is COc1cc2c(cc1O)C(CCC(O)C(CCC(C)C)Cc1cc(N)ncc1CC1=CCN=C1)C#CC1(CCC(CCC3CNC4CC(=O)CCC4C3)CC1O)C(=O)CC2. The smallest absolute Gasteiger partial charge is 0.160 e. The number of aromatic nitrogens is 1. The first-order valence-corrected chi connectivity index (χ1v) is 22.9. The fraction of sp³-hybridized carbons (Fsp3) is 0.640. The molecule has 3 fully saturated rings. The fourth-order valence-electron chi connectivity index (χ4n) is 10.9. The van der Waals surface area contributed by atoms with Gasteiger partial charge >= 0.3 is 0 Å². The van der Waals surface area contributed by atoms with Crippen LogP contribution in [0.3, 0.4) is 0 Å². The minimum atomic E-state index is -1.15. The molecule has 5 aliphatic rings. The van der Waals surface area contributed by atoms with Gasteiger partial charge in [-0.3, -0.25) is 14.6 Å². The Labute approximate surface area is 357 Å². The number of aromatic hydroxyl groups is 1. The van der Waals surface area contributed by atoms with Gasteiger partial charge in [0.25, 0.3) is 0 Å². The highest BCUT2D eigenvalue weighted by Gasteiger charge is 2.47. The van der Waals surface area contributed by atoms with E-state index in [0.717, 1.165) is 85.7 Å². The number of rotatable bonds is 15. The molecule has 324 valence electrons. The number of aliphatic hydroxyl groups is 2. The minimum Gasteiger partial charge on any atom is -0.504 e. The first-order chi connectivity index (χ1) is 28.9. The number of anilines is 1. The summed E-state index contributed by atoms with van der Waals surface area (Å²) in [7, 11) is 1.52. The number of nitrogens with one attached hydrogen (secondary N) is 1. The molecule has 3 heterocycles. The second kappa shape index (κ2) is 19.8. The monoisotopic (exact) mass is 821 g/mol. The van der Waals surface area contributed by atoms with Gasteiger partial charge in [-0.05, 0) is 153 Å². The van der Waals surface area contributed by atoms with Gasteiger partial charge in [0.05, 0.1) is 25.9 Å². The van der Waals surface area contributed by atoms with Crippen molar-refractivity contribution in [3.05, 3.63) is 58.3 Å². The topological polar surface area (TPSA) is 167 Å². The van der Waals surface area contributed by atoms with Crippen molar-refractivity contribution in [2.75, 3.05) is 25.9 Å². The molecule has 1 aromatic carbocycles. The van der Waals surface area contributed by atoms with Crippen LogP contribution in [-0.2, 0) is 28.9 Å². The molecule has 0 bridgehead atoms. The number of aliphatic hydroxyl groups excluding tert-OH is 2. The van der Waals surface area contributed by atoms with Crippen LogP contribution < -0.4 is 15.8 Å². The molecule has 10 heteroatoms. The molecule has 7 rings (SSSR count). The van der Waals surface area contributed by atoms with Crippen LogP contribution in [0.1, 0.15) is 132 Å². The summed E-state index contributed by atoms with van der Waals surface area (Å²) in [6.07, 6.45) is 16.8. The Morgan fingerprint density at radius 3 is 2.62 bits per heavy atom. The van der Waals surface area contributed by atoms with E-state index in [-0.39, 0.29) is 29.8 Å². The summed E-state index contributed by atoms with van der Waals surface area (Å²) in [4.78, 5) is 35.1. The van der Waals surface area contributed by atoms with Gasteiger partial charge in [-0.25, -0.2) is 4.98 Å². The quantitative estimate of drug-likeness (QED) is 0.116. The summed E-state index contributed by atoms with van der Waals surface area (Å²) in [6.45, 7) is 6.06. The number of aryl methyl sites for hydroxylation is 1. The minimum absolute atomic E-state index is 0.0186. The van der Waals surface area contributed by atoms with Crippen molar-refractivity contribution in [2.24, 2.45) is 40.0 Å². The van der Waals surface area contributed by atoms with Crippen molar-refractivity contribution in [3.8, 4) is 23.3 Å². The van der Waals surface area contributed by atoms with Crippen LogP contribution in [0.25, 0.3) is 0 Å². The zero-order chi connectivity index (χ0) is 42.4. The molecule has 3 aliphatic carbocycles. The number of methoxy groups -OCH3 is 1. The van der Waals surface area contributed by atoms with E-state index < -0.39 is 17.6 Å². The third-order valence-electron chi connectivity index (χ3n) is 14.7. The van der Waals surface area contributed by atoms with Crippen molar-refractivity contribution < 1.29 is 29.6 Å². The van der Waals surface area contributed by atoms with E-state index in [0.29, 0.717) is 105 Å². The molecule has 1 spiro atoms. The van der Waals surface area contributed by atoms with Crippen LogP contribution in [0.2, 0.25) is 0 Å². The van der Waals surface area contributed by atoms with Crippen molar-refractivity contribution >= 4 is 23.6 Å². The number of aliphatic imine (C=N–C) groups is 1. The highest BCUT2D eigenvalue weighted by atomic mass is 16.5. The second-order valence-corrected chi connectivity index (χ2v) is 19.2. The molecule has 2 saturated carbocycles. The molecule has 0 amide bonds. The lowest BCUT2D eigenvalue weighted by Gasteiger charge is -2.42. The zero-order valence-corrected chi connectivity index (χ0v) is 36.1. The summed E-state index contributed by atoms with van der Waals surface area (Å²) >= 11 is 0. The number of nitrogens with zero attached hydrogens (tertiary/aromatic N) is 2. The van der Waals surface area contributed by atoms with Gasteiger partial charge in [-0.1, -0.05) is 44.6 Å². The number of piperidine rings is 1. The largest absolute Gasteiger partial charge is 0.504 e. The average molecular weight is 821 g/mol.